The lowest BCUT2D eigenvalue weighted by Gasteiger charge is -2.19. The normalized spacial score (nSPS) is 36.3. The number of nitrogens with zero attached hydrogens (tertiary/aromatic N) is 25. The molecule has 740 valence electrons. The molecule has 18 heterocycles. The number of nitrogens with one attached hydrogen (secondary N) is 2. The third kappa shape index (κ3) is 15.9. The molecule has 0 aromatic carbocycles. The molecule has 6 unspecified atom stereocenters. The van der Waals surface area contributed by atoms with Gasteiger partial charge < -0.3 is 151 Å². The number of imidazole rings is 6. The Kier molecular flexibility index (Phi) is 25.1. The second-order valence-corrected chi connectivity index (χ2v) is 37.4. The van der Waals surface area contributed by atoms with Crippen LogP contribution < -0.4 is 56.5 Å². The lowest BCUT2D eigenvalue weighted by atomic mass is 10.1. The van der Waals surface area contributed by atoms with Crippen LogP contribution in [0.5, 0.6) is 0 Å². The molecule has 24 rings (SSSR count). The highest BCUT2D eigenvalue weighted by atomic mass is 16.6. The van der Waals surface area contributed by atoms with Crippen molar-refractivity contribution in [2.75, 3.05) is 93.8 Å². The first-order valence-electron chi connectivity index (χ1n) is 45.6. The van der Waals surface area contributed by atoms with Crippen LogP contribution in [-0.2, 0) is 33.2 Å². The van der Waals surface area contributed by atoms with Gasteiger partial charge in [0, 0.05) is 52.1 Å². The van der Waals surface area contributed by atoms with E-state index in [-0.39, 0.29) is 73.1 Å². The summed E-state index contributed by atoms with van der Waals surface area (Å²) in [4.78, 5) is 87.0. The number of ketones is 1. The Hall–Kier alpha value is -11.1. The highest BCUT2D eigenvalue weighted by Crippen LogP contribution is 2.63. The van der Waals surface area contributed by atoms with E-state index < -0.39 is 150 Å². The van der Waals surface area contributed by atoms with Gasteiger partial charge in [-0.3, -0.25) is 32.2 Å². The summed E-state index contributed by atoms with van der Waals surface area (Å²) < 4.78 is 45.6. The zero-order valence-electron chi connectivity index (χ0n) is 75.3. The van der Waals surface area contributed by atoms with Gasteiger partial charge in [0.2, 0.25) is 0 Å². The number of nitrogens with two attached hydrogens (primary N) is 8. The fraction of sp³-hybridized carbons (Fsp3) is 0.627. The summed E-state index contributed by atoms with van der Waals surface area (Å²) in [5.74, 6) is 1.80. The number of rotatable bonds is 21. The molecule has 0 bridgehead atoms. The van der Waals surface area contributed by atoms with E-state index >= 15 is 0 Å². The predicted octanol–water partition coefficient (Wildman–Crippen LogP) is -5.15. The van der Waals surface area contributed by atoms with Crippen molar-refractivity contribution in [3.8, 4) is 0 Å². The third-order valence-electron chi connectivity index (χ3n) is 29.0. The van der Waals surface area contributed by atoms with Gasteiger partial charge in [0.05, 0.1) is 43.9 Å². The standard InChI is InChI=1S/C16H24N6O3.2C15H22N6O3.C13H15N5O4.2C12H16N6O3.2H2/c1-3-4-21(2)6-9-5-16(9)12(24)11(23)15(25-16)22-8-20-10-13(17)18-7-19-14(10)22;2*1-2-3-17-5-8-4-15(8)11(23)10(22)14(24-15)21-7-20-9-12(16)18-6-19-13(9)21;1-5(19)6-2-13(6)9(21)8(20)12(22-13)18-4-17-7-10(14)15-3-16-11(7)18;2*13-2-5-1-12(5)8(20)7(19)11(21-12)18-4-17-6-9(14)15-3-16-10(6)18;;/h7-9,11-12,15,23-24H,3-6H2,1-2H3,(H2,17,18,19);2*6-8,10-11,14,17,22-23H,2-5H2,1H3,(H2,16,18,19);3-4,6,8-9,12,20-21H,2H2,1H3,(H2,14,15,16);2*3-5,7-8,11,19-20H,1-2,13H2,(H2,14,15,16);2*1H/t9-,11+,12?,15-,16+;8-,10+,11?,14-,15+;8-,10-,11?,14+,15+;6-,8-,9?,12+,13+;5-,7+,8?,11-,12+;5-,7-,8?,11+,12+;;/m110010../s1. The molecule has 12 aliphatic rings. The van der Waals surface area contributed by atoms with Crippen LogP contribution in [0, 0.1) is 35.5 Å². The van der Waals surface area contributed by atoms with Crippen molar-refractivity contribution in [2.45, 2.75) is 230 Å². The molecule has 54 heteroatoms. The lowest BCUT2D eigenvalue weighted by molar-refractivity contribution is -0.122. The molecule has 0 amide bonds. The Morgan fingerprint density at radius 1 is 0.350 bits per heavy atom. The molecule has 6 aliphatic heterocycles. The second kappa shape index (κ2) is 36.2. The van der Waals surface area contributed by atoms with Crippen LogP contribution in [0.3, 0.4) is 0 Å². The summed E-state index contributed by atoms with van der Waals surface area (Å²) in [5.41, 5.74) is 46.7. The van der Waals surface area contributed by atoms with Gasteiger partial charge in [0.15, 0.2) is 106 Å². The Morgan fingerprint density at radius 2 is 0.577 bits per heavy atom. The topological polar surface area (TPSA) is 812 Å². The first kappa shape index (κ1) is 94.8. The number of carbonyl (C=O) groups excluding carboxylic acids is 1. The molecule has 54 nitrogen and oxygen atoms in total. The Bertz CT molecular complexity index is 6190. The maximum atomic E-state index is 11.5. The van der Waals surface area contributed by atoms with E-state index in [1.165, 1.54) is 87.4 Å². The van der Waals surface area contributed by atoms with Gasteiger partial charge >= 0.3 is 0 Å². The highest BCUT2D eigenvalue weighted by molar-refractivity contribution is 5.86. The maximum absolute atomic E-state index is 11.5. The largest absolute Gasteiger partial charge is 0.387 e. The van der Waals surface area contributed by atoms with Crippen molar-refractivity contribution in [3.05, 3.63) is 75.9 Å². The number of hydrogen-bond donors (Lipinski definition) is 22. The van der Waals surface area contributed by atoms with Gasteiger partial charge in [-0.2, -0.15) is 0 Å². The van der Waals surface area contributed by atoms with Gasteiger partial charge in [0.1, 0.15) is 184 Å². The summed E-state index contributed by atoms with van der Waals surface area (Å²) in [6.07, 6.45) is 6.97. The molecule has 6 saturated heterocycles. The van der Waals surface area contributed by atoms with Crippen molar-refractivity contribution in [2.24, 2.45) is 47.0 Å². The minimum atomic E-state index is -1.18. The van der Waals surface area contributed by atoms with Crippen molar-refractivity contribution in [3.63, 3.8) is 0 Å². The fourth-order valence-corrected chi connectivity index (χ4v) is 20.9. The van der Waals surface area contributed by atoms with E-state index in [2.05, 4.69) is 133 Å². The van der Waals surface area contributed by atoms with Gasteiger partial charge in [-0.1, -0.05) is 20.8 Å². The van der Waals surface area contributed by atoms with Gasteiger partial charge in [0.25, 0.3) is 0 Å². The summed E-state index contributed by atoms with van der Waals surface area (Å²) in [6, 6.07) is 0. The monoisotopic (exact) mass is 1910 g/mol. The zero-order valence-corrected chi connectivity index (χ0v) is 75.3. The Labute approximate surface area is 780 Å². The van der Waals surface area contributed by atoms with E-state index in [1.54, 1.807) is 22.8 Å². The Morgan fingerprint density at radius 3 is 0.803 bits per heavy atom. The zero-order chi connectivity index (χ0) is 96.8. The number of nitrogen functional groups attached to an aromatic ring is 6. The van der Waals surface area contributed by atoms with Gasteiger partial charge in [-0.15, -0.1) is 0 Å². The third-order valence-corrected chi connectivity index (χ3v) is 29.0. The molecule has 6 saturated carbocycles. The quantitative estimate of drug-likeness (QED) is 0.0299. The summed E-state index contributed by atoms with van der Waals surface area (Å²) in [6.45, 7) is 13.9. The Balaban J connectivity index is 0.000000115. The van der Waals surface area contributed by atoms with Gasteiger partial charge in [-0.25, -0.2) is 89.7 Å². The number of carbonyl (C=O) groups is 1. The molecular weight excluding hydrogens is 1790 g/mol. The first-order valence-corrected chi connectivity index (χ1v) is 45.6. The number of ether oxygens (including phenoxy) is 6. The van der Waals surface area contributed by atoms with Gasteiger partial charge in [-0.05, 0) is 104 Å². The average molecular weight is 1910 g/mol. The molecule has 12 fully saturated rings. The number of Topliss-reactive ketones (excluding diaryl/α,β-unsaturated/α-hetero) is 1. The number of fused-ring (bicyclic) bond motifs is 6. The van der Waals surface area contributed by atoms with E-state index in [4.69, 9.17) is 74.3 Å². The van der Waals surface area contributed by atoms with Crippen molar-refractivity contribution >= 4 is 108 Å². The number of aliphatic hydroxyl groups excluding tert-OH is 12. The number of aromatic nitrogens is 24. The van der Waals surface area contributed by atoms with Crippen molar-refractivity contribution in [1.29, 1.82) is 0 Å². The smallest absolute Gasteiger partial charge is 0.167 e. The SMILES string of the molecule is CC(=O)[C@@H]1C[C@@]12O[C@@H](n1cnc3c(N)ncnc31)[C@@H](O)C2O.CCCN(C)C[C@H]1C[C@]12O[C@@H](n1cnc3c(N)ncnc31)[C@@H](O)C2O.CCCNC[C@@H]1C[C@@]12O[C@@H](n1cnc3c(N)ncnc31)[C@@H](O)C2O.CCCNC[C@H]1C[C@]12O[C@@H](n1cnc3c(N)ncnc31)[C@@H](O)C2O.NC[C@@H]1C[C@@]12O[C@@H](n1cnc3c(N)ncnc31)[C@@H](O)C2O.NC[C@H]1C[C@]12O[C@@H](n1cnc3c(N)ncnc31)[C@@H](O)C2O.[HH].[HH]. The molecule has 6 aliphatic carbocycles. The van der Waals surface area contributed by atoms with Crippen molar-refractivity contribution in [1.82, 2.24) is 133 Å². The fourth-order valence-electron chi connectivity index (χ4n) is 20.9. The van der Waals surface area contributed by atoms with E-state index in [1.807, 2.05) is 0 Å². The van der Waals surface area contributed by atoms with Crippen LogP contribution in [-0.4, -0.2) is 355 Å². The minimum Gasteiger partial charge on any atom is -0.387 e. The van der Waals surface area contributed by atoms with Crippen LogP contribution >= 0.6 is 0 Å². The molecule has 137 heavy (non-hydrogen) atoms. The molecule has 12 aromatic rings. The van der Waals surface area contributed by atoms with Crippen LogP contribution in [0.2, 0.25) is 0 Å². The lowest BCUT2D eigenvalue weighted by Crippen LogP contribution is -2.35. The molecule has 30 atom stereocenters. The van der Waals surface area contributed by atoms with Crippen molar-refractivity contribution < 1.29 is 97.3 Å². The summed E-state index contributed by atoms with van der Waals surface area (Å²) in [7, 11) is 2.06. The van der Waals surface area contributed by atoms with E-state index in [9.17, 15) is 66.1 Å². The van der Waals surface area contributed by atoms with E-state index in [0.717, 1.165) is 77.8 Å². The number of aliphatic hydroxyl groups is 12. The van der Waals surface area contributed by atoms with Crippen LogP contribution in [0.1, 0.15) is 126 Å². The highest BCUT2D eigenvalue weighted by Gasteiger charge is 2.74. The number of hydrogen-bond acceptors (Lipinski definition) is 48. The van der Waals surface area contributed by atoms with Crippen LogP contribution in [0.25, 0.3) is 67.0 Å². The molecule has 0 radical (unpaired) electrons. The number of anilines is 6. The first-order chi connectivity index (χ1) is 65.8. The predicted molar refractivity (Wildman–Crippen MR) is 483 cm³/mol. The molecule has 12 aromatic heterocycles. The second-order valence-electron chi connectivity index (χ2n) is 37.4. The van der Waals surface area contributed by atoms with Crippen LogP contribution in [0.4, 0.5) is 34.9 Å². The minimum absolute atomic E-state index is 0. The maximum Gasteiger partial charge on any atom is 0.167 e. The van der Waals surface area contributed by atoms with Crippen LogP contribution in [0.15, 0.2) is 75.9 Å². The van der Waals surface area contributed by atoms with E-state index in [0.29, 0.717) is 99.3 Å². The average Bonchev–Trinajstić information content (AvgIpc) is 1.57. The molecule has 30 N–H and O–H groups in total. The molecule has 6 spiro atoms. The summed E-state index contributed by atoms with van der Waals surface area (Å²) in [5, 5.41) is 132. The summed E-state index contributed by atoms with van der Waals surface area (Å²) >= 11 is 0. The molecular formula is C83H119N35O19.